The lowest BCUT2D eigenvalue weighted by atomic mass is 9.94. The van der Waals surface area contributed by atoms with Gasteiger partial charge in [-0.1, -0.05) is 67.8 Å². The monoisotopic (exact) mass is 257 g/mol. The Morgan fingerprint density at radius 1 is 0.800 bits per heavy atom. The first-order chi connectivity index (χ1) is 9.85. The van der Waals surface area contributed by atoms with Crippen molar-refractivity contribution in [2.45, 2.75) is 0 Å². The lowest BCUT2D eigenvalue weighted by Gasteiger charge is -2.13. The van der Waals surface area contributed by atoms with Crippen LogP contribution in [0.1, 0.15) is 11.3 Å². The van der Waals surface area contributed by atoms with E-state index in [1.54, 1.807) is 6.08 Å². The van der Waals surface area contributed by atoms with Gasteiger partial charge in [-0.05, 0) is 17.7 Å². The molecule has 1 aromatic heterocycles. The number of para-hydroxylation sites is 1. The number of benzene rings is 2. The Morgan fingerprint density at radius 2 is 1.50 bits per heavy atom. The fraction of sp³-hybridized carbons (Fsp3) is 0. The van der Waals surface area contributed by atoms with Crippen LogP contribution in [0.4, 0.5) is 0 Å². The summed E-state index contributed by atoms with van der Waals surface area (Å²) in [6.45, 7) is 7.82. The average Bonchev–Trinajstić information content (AvgIpc) is 2.53. The summed E-state index contributed by atoms with van der Waals surface area (Å²) in [6, 6.07) is 18.5. The number of nitrogens with zero attached hydrogens (tertiary/aromatic N) is 1. The van der Waals surface area contributed by atoms with Gasteiger partial charge < -0.3 is 0 Å². The van der Waals surface area contributed by atoms with Crippen LogP contribution in [0.15, 0.2) is 67.8 Å². The number of rotatable bonds is 3. The van der Waals surface area contributed by atoms with Gasteiger partial charge in [-0.2, -0.15) is 0 Å². The number of fused-ring (bicyclic) bond motifs is 1. The SMILES string of the molecule is C=Cc1nc2ccccc2c(-c2ccccc2)c1C=C. The van der Waals surface area contributed by atoms with Gasteiger partial charge in [-0.3, -0.25) is 0 Å². The standard InChI is InChI=1S/C19H15N/c1-3-15-17(4-2)20-18-13-9-8-12-16(18)19(15)14-10-6-5-7-11-14/h3-13H,1-2H2. The van der Waals surface area contributed by atoms with Gasteiger partial charge in [0, 0.05) is 16.5 Å². The molecular weight excluding hydrogens is 242 g/mol. The Bertz CT molecular complexity index is 785. The molecule has 0 spiro atoms. The van der Waals surface area contributed by atoms with Gasteiger partial charge in [0.15, 0.2) is 0 Å². The van der Waals surface area contributed by atoms with Gasteiger partial charge in [0.05, 0.1) is 11.2 Å². The second-order valence-corrected chi connectivity index (χ2v) is 4.58. The van der Waals surface area contributed by atoms with E-state index in [0.717, 1.165) is 22.2 Å². The molecule has 0 N–H and O–H groups in total. The van der Waals surface area contributed by atoms with Crippen LogP contribution in [0.3, 0.4) is 0 Å². The quantitative estimate of drug-likeness (QED) is 0.629. The first-order valence-electron chi connectivity index (χ1n) is 6.58. The largest absolute Gasteiger partial charge is 0.248 e. The van der Waals surface area contributed by atoms with Crippen molar-refractivity contribution in [3.05, 3.63) is 79.0 Å². The zero-order valence-electron chi connectivity index (χ0n) is 11.2. The first-order valence-corrected chi connectivity index (χ1v) is 6.58. The molecule has 20 heavy (non-hydrogen) atoms. The summed E-state index contributed by atoms with van der Waals surface area (Å²) in [6.07, 6.45) is 3.65. The summed E-state index contributed by atoms with van der Waals surface area (Å²) in [5, 5.41) is 1.14. The van der Waals surface area contributed by atoms with Crippen molar-refractivity contribution < 1.29 is 0 Å². The Kier molecular flexibility index (Phi) is 3.18. The molecule has 3 aromatic rings. The molecule has 0 radical (unpaired) electrons. The van der Waals surface area contributed by atoms with Crippen LogP contribution in [0.2, 0.25) is 0 Å². The predicted molar refractivity (Wildman–Crippen MR) is 87.4 cm³/mol. The highest BCUT2D eigenvalue weighted by Gasteiger charge is 2.12. The van der Waals surface area contributed by atoms with Gasteiger partial charge in [0.2, 0.25) is 0 Å². The highest BCUT2D eigenvalue weighted by atomic mass is 14.7. The van der Waals surface area contributed by atoms with Crippen molar-refractivity contribution in [2.75, 3.05) is 0 Å². The van der Waals surface area contributed by atoms with Gasteiger partial charge in [0.1, 0.15) is 0 Å². The first kappa shape index (κ1) is 12.4. The molecule has 0 aliphatic carbocycles. The lowest BCUT2D eigenvalue weighted by Crippen LogP contribution is -1.94. The van der Waals surface area contributed by atoms with E-state index in [1.807, 2.05) is 42.5 Å². The zero-order valence-corrected chi connectivity index (χ0v) is 11.2. The molecule has 0 saturated carbocycles. The fourth-order valence-corrected chi connectivity index (χ4v) is 2.52. The van der Waals surface area contributed by atoms with Gasteiger partial charge >= 0.3 is 0 Å². The van der Waals surface area contributed by atoms with Crippen molar-refractivity contribution in [1.29, 1.82) is 0 Å². The molecule has 1 nitrogen and oxygen atoms in total. The van der Waals surface area contributed by atoms with Crippen LogP contribution in [-0.4, -0.2) is 4.98 Å². The maximum absolute atomic E-state index is 4.66. The van der Waals surface area contributed by atoms with E-state index in [2.05, 4.69) is 36.3 Å². The molecule has 0 fully saturated rings. The van der Waals surface area contributed by atoms with E-state index >= 15 is 0 Å². The van der Waals surface area contributed by atoms with E-state index < -0.39 is 0 Å². The third-order valence-corrected chi connectivity index (χ3v) is 3.42. The maximum atomic E-state index is 4.66. The lowest BCUT2D eigenvalue weighted by molar-refractivity contribution is 1.36. The normalized spacial score (nSPS) is 10.4. The van der Waals surface area contributed by atoms with Crippen molar-refractivity contribution in [1.82, 2.24) is 4.98 Å². The highest BCUT2D eigenvalue weighted by molar-refractivity contribution is 6.00. The summed E-state index contributed by atoms with van der Waals surface area (Å²) < 4.78 is 0. The average molecular weight is 257 g/mol. The summed E-state index contributed by atoms with van der Waals surface area (Å²) in [5.41, 5.74) is 5.22. The third kappa shape index (κ3) is 1.94. The molecular formula is C19H15N. The molecule has 1 heterocycles. The van der Waals surface area contributed by atoms with E-state index in [-0.39, 0.29) is 0 Å². The van der Waals surface area contributed by atoms with Crippen LogP contribution >= 0.6 is 0 Å². The molecule has 0 atom stereocenters. The molecule has 0 saturated heterocycles. The minimum absolute atomic E-state index is 0.873. The van der Waals surface area contributed by atoms with Crippen LogP contribution in [0.5, 0.6) is 0 Å². The van der Waals surface area contributed by atoms with Crippen LogP contribution < -0.4 is 0 Å². The molecule has 96 valence electrons. The van der Waals surface area contributed by atoms with Gasteiger partial charge in [0.25, 0.3) is 0 Å². The number of hydrogen-bond donors (Lipinski definition) is 0. The number of pyridine rings is 1. The smallest absolute Gasteiger partial charge is 0.0715 e. The molecule has 0 aliphatic heterocycles. The minimum Gasteiger partial charge on any atom is -0.248 e. The molecule has 2 aromatic carbocycles. The summed E-state index contributed by atoms with van der Waals surface area (Å²) in [4.78, 5) is 4.66. The summed E-state index contributed by atoms with van der Waals surface area (Å²) in [7, 11) is 0. The fourth-order valence-electron chi connectivity index (χ4n) is 2.52. The van der Waals surface area contributed by atoms with E-state index in [0.29, 0.717) is 0 Å². The second-order valence-electron chi connectivity index (χ2n) is 4.58. The van der Waals surface area contributed by atoms with Crippen LogP contribution in [-0.2, 0) is 0 Å². The molecule has 0 bridgehead atoms. The molecule has 1 heteroatoms. The Balaban J connectivity index is 2.49. The van der Waals surface area contributed by atoms with Crippen molar-refractivity contribution in [2.24, 2.45) is 0 Å². The Hall–Kier alpha value is -2.67. The summed E-state index contributed by atoms with van der Waals surface area (Å²) in [5.74, 6) is 0. The molecule has 0 unspecified atom stereocenters. The Labute approximate surface area is 118 Å². The van der Waals surface area contributed by atoms with Crippen LogP contribution in [0, 0.1) is 0 Å². The maximum Gasteiger partial charge on any atom is 0.0715 e. The second kappa shape index (κ2) is 5.14. The van der Waals surface area contributed by atoms with Gasteiger partial charge in [-0.15, -0.1) is 0 Å². The van der Waals surface area contributed by atoms with Crippen molar-refractivity contribution >= 4 is 23.1 Å². The van der Waals surface area contributed by atoms with E-state index in [9.17, 15) is 0 Å². The Morgan fingerprint density at radius 3 is 2.20 bits per heavy atom. The minimum atomic E-state index is 0.873. The third-order valence-electron chi connectivity index (χ3n) is 3.42. The van der Waals surface area contributed by atoms with Crippen molar-refractivity contribution in [3.8, 4) is 11.1 Å². The topological polar surface area (TPSA) is 12.9 Å². The highest BCUT2D eigenvalue weighted by Crippen LogP contribution is 2.33. The van der Waals surface area contributed by atoms with E-state index in [4.69, 9.17) is 0 Å². The molecule has 3 rings (SSSR count). The predicted octanol–water partition coefficient (Wildman–Crippen LogP) is 5.19. The molecule has 0 amide bonds. The number of hydrogen-bond acceptors (Lipinski definition) is 1. The van der Waals surface area contributed by atoms with E-state index in [1.165, 1.54) is 11.1 Å². The van der Waals surface area contributed by atoms with Crippen molar-refractivity contribution in [3.63, 3.8) is 0 Å². The molecule has 0 aliphatic rings. The summed E-state index contributed by atoms with van der Waals surface area (Å²) >= 11 is 0. The zero-order chi connectivity index (χ0) is 13.9. The number of aromatic nitrogens is 1. The van der Waals surface area contributed by atoms with Crippen LogP contribution in [0.25, 0.3) is 34.2 Å². The van der Waals surface area contributed by atoms with Gasteiger partial charge in [-0.25, -0.2) is 4.98 Å².